The van der Waals surface area contributed by atoms with Crippen molar-refractivity contribution in [1.82, 2.24) is 10.0 Å². The van der Waals surface area contributed by atoms with Crippen LogP contribution in [0.5, 0.6) is 0 Å². The highest BCUT2D eigenvalue weighted by Crippen LogP contribution is 2.43. The van der Waals surface area contributed by atoms with E-state index in [1.165, 1.54) is 11.6 Å². The van der Waals surface area contributed by atoms with Gasteiger partial charge < -0.3 is 5.01 Å². The van der Waals surface area contributed by atoms with E-state index in [0.29, 0.717) is 12.6 Å². The number of hydrogen-bond donors (Lipinski definition) is 0. The van der Waals surface area contributed by atoms with Crippen molar-refractivity contribution < 1.29 is 4.39 Å². The molecular weight excluding hydrogens is 263 g/mol. The molecule has 0 aromatic heterocycles. The zero-order valence-corrected chi connectivity index (χ0v) is 12.9. The van der Waals surface area contributed by atoms with Crippen LogP contribution in [0.1, 0.15) is 32.3 Å². The highest BCUT2D eigenvalue weighted by atomic mass is 19.1. The van der Waals surface area contributed by atoms with E-state index in [1.54, 1.807) is 12.1 Å². The maximum absolute atomic E-state index is 13.4. The fourth-order valence-corrected chi connectivity index (χ4v) is 3.51. The number of fused-ring (bicyclic) bond motifs is 1. The Morgan fingerprint density at radius 1 is 1.33 bits per heavy atom. The van der Waals surface area contributed by atoms with Crippen LogP contribution in [0, 0.1) is 11.2 Å². The molecule has 112 valence electrons. The highest BCUT2D eigenvalue weighted by molar-refractivity contribution is 5.24. The molecule has 1 unspecified atom stereocenters. The first-order valence-electron chi connectivity index (χ1n) is 7.50. The van der Waals surface area contributed by atoms with Crippen molar-refractivity contribution in [2.24, 2.45) is 5.41 Å². The predicted octanol–water partition coefficient (Wildman–Crippen LogP) is 4.12. The van der Waals surface area contributed by atoms with Crippen LogP contribution in [0.25, 0.3) is 0 Å². The van der Waals surface area contributed by atoms with Gasteiger partial charge in [-0.15, -0.1) is 0 Å². The van der Waals surface area contributed by atoms with Crippen LogP contribution in [0.4, 0.5) is 4.39 Å². The molecule has 3 heteroatoms. The molecule has 2 fully saturated rings. The van der Waals surface area contributed by atoms with Gasteiger partial charge in [0.05, 0.1) is 12.6 Å². The normalized spacial score (nSPS) is 25.3. The van der Waals surface area contributed by atoms with Crippen molar-refractivity contribution in [3.05, 3.63) is 60.1 Å². The molecule has 1 aromatic rings. The summed E-state index contributed by atoms with van der Waals surface area (Å²) in [6.45, 7) is 14.7. The lowest BCUT2D eigenvalue weighted by atomic mass is 9.88. The van der Waals surface area contributed by atoms with E-state index in [9.17, 15) is 4.39 Å². The van der Waals surface area contributed by atoms with Gasteiger partial charge in [0.1, 0.15) is 5.82 Å². The van der Waals surface area contributed by atoms with Gasteiger partial charge in [0.15, 0.2) is 0 Å². The number of benzene rings is 1. The van der Waals surface area contributed by atoms with Crippen LogP contribution in [-0.2, 0) is 6.54 Å². The molecule has 2 aliphatic heterocycles. The number of nitrogens with zero attached hydrogens (tertiary/aromatic N) is 2. The number of rotatable bonds is 2. The molecule has 1 atom stereocenters. The van der Waals surface area contributed by atoms with Gasteiger partial charge in [-0.3, -0.25) is 0 Å². The minimum absolute atomic E-state index is 0.183. The molecule has 2 aliphatic rings. The maximum atomic E-state index is 13.4. The minimum atomic E-state index is -0.183. The third-order valence-electron chi connectivity index (χ3n) is 4.49. The SMILES string of the molecule is C=C1CC(=C)N(Cc2cccc(F)c2)N2CC(C)(C)CC12. The molecule has 3 rings (SSSR count). The van der Waals surface area contributed by atoms with E-state index in [1.807, 2.05) is 6.07 Å². The van der Waals surface area contributed by atoms with Gasteiger partial charge in [0.2, 0.25) is 0 Å². The van der Waals surface area contributed by atoms with Gasteiger partial charge in [-0.05, 0) is 29.5 Å². The Kier molecular flexibility index (Phi) is 3.40. The summed E-state index contributed by atoms with van der Waals surface area (Å²) in [5.41, 5.74) is 3.56. The van der Waals surface area contributed by atoms with Crippen molar-refractivity contribution >= 4 is 0 Å². The van der Waals surface area contributed by atoms with E-state index in [-0.39, 0.29) is 11.2 Å². The van der Waals surface area contributed by atoms with Gasteiger partial charge in [0.25, 0.3) is 0 Å². The van der Waals surface area contributed by atoms with Crippen molar-refractivity contribution in [2.75, 3.05) is 6.54 Å². The summed E-state index contributed by atoms with van der Waals surface area (Å²) in [4.78, 5) is 0. The molecule has 1 aromatic carbocycles. The van der Waals surface area contributed by atoms with Gasteiger partial charge in [-0.2, -0.15) is 0 Å². The van der Waals surface area contributed by atoms with Crippen LogP contribution in [0.15, 0.2) is 48.7 Å². The first kappa shape index (κ1) is 14.3. The van der Waals surface area contributed by atoms with E-state index >= 15 is 0 Å². The van der Waals surface area contributed by atoms with Crippen LogP contribution in [0.2, 0.25) is 0 Å². The molecule has 2 nitrogen and oxygen atoms in total. The van der Waals surface area contributed by atoms with Gasteiger partial charge in [-0.25, -0.2) is 9.40 Å². The molecule has 0 N–H and O–H groups in total. The Balaban J connectivity index is 1.86. The third kappa shape index (κ3) is 2.75. The Morgan fingerprint density at radius 3 is 2.81 bits per heavy atom. The fraction of sp³-hybridized carbons (Fsp3) is 0.444. The van der Waals surface area contributed by atoms with Gasteiger partial charge in [-0.1, -0.05) is 44.7 Å². The van der Waals surface area contributed by atoms with E-state index in [2.05, 4.69) is 37.0 Å². The second kappa shape index (κ2) is 4.99. The molecule has 0 spiro atoms. The van der Waals surface area contributed by atoms with E-state index < -0.39 is 0 Å². The van der Waals surface area contributed by atoms with Crippen molar-refractivity contribution in [3.8, 4) is 0 Å². The lowest BCUT2D eigenvalue weighted by Crippen LogP contribution is -2.48. The standard InChI is InChI=1S/C18H23FN2/c1-13-8-14(2)20(11-15-6-5-7-16(19)9-15)21-12-18(3,4)10-17(13)21/h5-7,9,17H,1-2,8,10-12H2,3-4H3. The molecule has 0 radical (unpaired) electrons. The monoisotopic (exact) mass is 286 g/mol. The lowest BCUT2D eigenvalue weighted by Gasteiger charge is -2.44. The smallest absolute Gasteiger partial charge is 0.123 e. The van der Waals surface area contributed by atoms with Crippen molar-refractivity contribution in [1.29, 1.82) is 0 Å². The summed E-state index contributed by atoms with van der Waals surface area (Å²) in [6.07, 6.45) is 1.96. The molecule has 0 amide bonds. The molecule has 21 heavy (non-hydrogen) atoms. The number of hydrogen-bond acceptors (Lipinski definition) is 2. The average Bonchev–Trinajstić information content (AvgIpc) is 2.71. The first-order chi connectivity index (χ1) is 9.85. The average molecular weight is 286 g/mol. The van der Waals surface area contributed by atoms with E-state index in [4.69, 9.17) is 0 Å². The summed E-state index contributed by atoms with van der Waals surface area (Å²) in [6, 6.07) is 7.21. The Morgan fingerprint density at radius 2 is 2.10 bits per heavy atom. The summed E-state index contributed by atoms with van der Waals surface area (Å²) in [5.74, 6) is -0.183. The highest BCUT2D eigenvalue weighted by Gasteiger charge is 2.44. The summed E-state index contributed by atoms with van der Waals surface area (Å²) in [7, 11) is 0. The quantitative estimate of drug-likeness (QED) is 0.755. The largest absolute Gasteiger partial charge is 0.305 e. The zero-order valence-electron chi connectivity index (χ0n) is 12.9. The summed E-state index contributed by atoms with van der Waals surface area (Å²) in [5, 5.41) is 4.60. The number of halogens is 1. The number of allylic oxidation sites excluding steroid dienone is 1. The lowest BCUT2D eigenvalue weighted by molar-refractivity contribution is -0.0233. The van der Waals surface area contributed by atoms with Crippen LogP contribution >= 0.6 is 0 Å². The minimum Gasteiger partial charge on any atom is -0.305 e. The third-order valence-corrected chi connectivity index (χ3v) is 4.49. The number of hydrazine groups is 1. The summed E-state index contributed by atoms with van der Waals surface area (Å²) >= 11 is 0. The second-order valence-corrected chi connectivity index (χ2v) is 7.07. The topological polar surface area (TPSA) is 6.48 Å². The molecule has 2 heterocycles. The van der Waals surface area contributed by atoms with Crippen LogP contribution < -0.4 is 0 Å². The van der Waals surface area contributed by atoms with Gasteiger partial charge >= 0.3 is 0 Å². The molecule has 0 aliphatic carbocycles. The van der Waals surface area contributed by atoms with Gasteiger partial charge in [0, 0.05) is 18.7 Å². The molecular formula is C18H23FN2. The summed E-state index contributed by atoms with van der Waals surface area (Å²) < 4.78 is 13.4. The van der Waals surface area contributed by atoms with Crippen molar-refractivity contribution in [2.45, 2.75) is 39.3 Å². The molecule has 0 saturated carbocycles. The maximum Gasteiger partial charge on any atom is 0.123 e. The second-order valence-electron chi connectivity index (χ2n) is 7.07. The van der Waals surface area contributed by atoms with Crippen LogP contribution in [0.3, 0.4) is 0 Å². The fourth-order valence-electron chi connectivity index (χ4n) is 3.51. The molecule has 2 saturated heterocycles. The Labute approximate surface area is 126 Å². The van der Waals surface area contributed by atoms with E-state index in [0.717, 1.165) is 30.6 Å². The Bertz CT molecular complexity index is 591. The molecule has 0 bridgehead atoms. The predicted molar refractivity (Wildman–Crippen MR) is 83.7 cm³/mol. The first-order valence-corrected chi connectivity index (χ1v) is 7.50. The zero-order chi connectivity index (χ0) is 15.2. The van der Waals surface area contributed by atoms with Crippen molar-refractivity contribution in [3.63, 3.8) is 0 Å². The Hall–Kier alpha value is -1.61. The van der Waals surface area contributed by atoms with Crippen LogP contribution in [-0.4, -0.2) is 22.6 Å².